The second-order valence-corrected chi connectivity index (χ2v) is 7.12. The molecule has 2 N–H and O–H groups in total. The first-order chi connectivity index (χ1) is 10.2. The third-order valence-electron chi connectivity index (χ3n) is 5.00. The van der Waals surface area contributed by atoms with Gasteiger partial charge in [0.2, 0.25) is 0 Å². The predicted octanol–water partition coefficient (Wildman–Crippen LogP) is 3.33. The summed E-state index contributed by atoms with van der Waals surface area (Å²) in [4.78, 5) is 2.59. The van der Waals surface area contributed by atoms with Crippen LogP contribution in [0.4, 0.5) is 0 Å². The number of fused-ring (bicyclic) bond motifs is 1. The van der Waals surface area contributed by atoms with E-state index in [4.69, 9.17) is 10.5 Å². The minimum Gasteiger partial charge on any atom is -0.493 e. The summed E-state index contributed by atoms with van der Waals surface area (Å²) in [5.74, 6) is 1.78. The van der Waals surface area contributed by atoms with Crippen LogP contribution in [-0.4, -0.2) is 30.6 Å². The molecule has 2 aliphatic rings. The fourth-order valence-electron chi connectivity index (χ4n) is 3.92. The van der Waals surface area contributed by atoms with Crippen molar-refractivity contribution >= 4 is 15.9 Å². The summed E-state index contributed by atoms with van der Waals surface area (Å²) < 4.78 is 7.04. The molecular weight excluding hydrogens is 328 g/mol. The van der Waals surface area contributed by atoms with Crippen LogP contribution in [0.15, 0.2) is 16.6 Å². The number of nitrogens with zero attached hydrogens (tertiary/aromatic N) is 1. The second-order valence-electron chi connectivity index (χ2n) is 6.21. The zero-order valence-electron chi connectivity index (χ0n) is 12.8. The van der Waals surface area contributed by atoms with Crippen molar-refractivity contribution in [2.24, 2.45) is 11.7 Å². The van der Waals surface area contributed by atoms with Gasteiger partial charge in [-0.2, -0.15) is 0 Å². The van der Waals surface area contributed by atoms with Crippen LogP contribution in [0.5, 0.6) is 5.75 Å². The van der Waals surface area contributed by atoms with E-state index in [-0.39, 0.29) is 0 Å². The van der Waals surface area contributed by atoms with Gasteiger partial charge in [0.1, 0.15) is 5.75 Å². The molecule has 3 rings (SSSR count). The molecule has 0 bridgehead atoms. The highest BCUT2D eigenvalue weighted by atomic mass is 79.9. The number of halogens is 1. The third kappa shape index (κ3) is 3.13. The average Bonchev–Trinajstić information content (AvgIpc) is 3.12. The fraction of sp³-hybridized carbons (Fsp3) is 0.647. The maximum atomic E-state index is 5.97. The summed E-state index contributed by atoms with van der Waals surface area (Å²) in [6.07, 6.45) is 4.91. The van der Waals surface area contributed by atoms with E-state index in [9.17, 15) is 0 Å². The zero-order chi connectivity index (χ0) is 14.8. The van der Waals surface area contributed by atoms with Gasteiger partial charge in [-0.25, -0.2) is 0 Å². The van der Waals surface area contributed by atoms with Gasteiger partial charge in [-0.15, -0.1) is 0 Å². The van der Waals surface area contributed by atoms with Crippen molar-refractivity contribution in [3.8, 4) is 5.75 Å². The quantitative estimate of drug-likeness (QED) is 0.883. The molecule has 1 aromatic carbocycles. The van der Waals surface area contributed by atoms with Gasteiger partial charge in [0.05, 0.1) is 6.61 Å². The topological polar surface area (TPSA) is 38.5 Å². The SMILES string of the molecule is CCN(Cc1cc(Br)cc2c1OCC2)C1CCCC1CN. The van der Waals surface area contributed by atoms with Crippen LogP contribution < -0.4 is 10.5 Å². The van der Waals surface area contributed by atoms with Crippen LogP contribution in [0.1, 0.15) is 37.3 Å². The van der Waals surface area contributed by atoms with E-state index >= 15 is 0 Å². The van der Waals surface area contributed by atoms with E-state index in [0.29, 0.717) is 12.0 Å². The van der Waals surface area contributed by atoms with Crippen LogP contribution in [0.25, 0.3) is 0 Å². The summed E-state index contributed by atoms with van der Waals surface area (Å²) in [5, 5.41) is 0. The third-order valence-corrected chi connectivity index (χ3v) is 5.45. The maximum absolute atomic E-state index is 5.97. The molecule has 1 saturated carbocycles. The molecule has 3 nitrogen and oxygen atoms in total. The second kappa shape index (κ2) is 6.67. The Morgan fingerprint density at radius 1 is 1.38 bits per heavy atom. The lowest BCUT2D eigenvalue weighted by Crippen LogP contribution is -2.39. The smallest absolute Gasteiger partial charge is 0.127 e. The summed E-state index contributed by atoms with van der Waals surface area (Å²) in [5.41, 5.74) is 8.63. The van der Waals surface area contributed by atoms with Gasteiger partial charge in [-0.05, 0) is 49.5 Å². The number of ether oxygens (including phenoxy) is 1. The Morgan fingerprint density at radius 2 is 2.24 bits per heavy atom. The monoisotopic (exact) mass is 352 g/mol. The van der Waals surface area contributed by atoms with Crippen LogP contribution in [0.2, 0.25) is 0 Å². The Bertz CT molecular complexity index is 506. The number of rotatable bonds is 5. The molecule has 1 aliphatic heterocycles. The van der Waals surface area contributed by atoms with Crippen LogP contribution in [0.3, 0.4) is 0 Å². The number of benzene rings is 1. The van der Waals surface area contributed by atoms with Crippen LogP contribution in [-0.2, 0) is 13.0 Å². The van der Waals surface area contributed by atoms with Gasteiger partial charge in [0, 0.05) is 29.0 Å². The normalized spacial score (nSPS) is 24.4. The van der Waals surface area contributed by atoms with Crippen molar-refractivity contribution in [2.75, 3.05) is 19.7 Å². The lowest BCUT2D eigenvalue weighted by molar-refractivity contribution is 0.160. The van der Waals surface area contributed by atoms with E-state index in [1.807, 2.05) is 0 Å². The van der Waals surface area contributed by atoms with Crippen molar-refractivity contribution in [3.63, 3.8) is 0 Å². The molecule has 0 spiro atoms. The number of hydrogen-bond acceptors (Lipinski definition) is 3. The van der Waals surface area contributed by atoms with Gasteiger partial charge in [0.25, 0.3) is 0 Å². The average molecular weight is 353 g/mol. The fourth-order valence-corrected chi connectivity index (χ4v) is 4.47. The zero-order valence-corrected chi connectivity index (χ0v) is 14.4. The molecular formula is C17H25BrN2O. The first kappa shape index (κ1) is 15.3. The van der Waals surface area contributed by atoms with E-state index < -0.39 is 0 Å². The van der Waals surface area contributed by atoms with Gasteiger partial charge in [-0.1, -0.05) is 29.3 Å². The minimum atomic E-state index is 0.635. The lowest BCUT2D eigenvalue weighted by atomic mass is 10.0. The first-order valence-electron chi connectivity index (χ1n) is 8.11. The summed E-state index contributed by atoms with van der Waals surface area (Å²) in [6.45, 7) is 5.93. The molecule has 1 fully saturated rings. The molecule has 0 amide bonds. The molecule has 21 heavy (non-hydrogen) atoms. The Labute approximate surface area is 136 Å². The Kier molecular flexibility index (Phi) is 4.87. The van der Waals surface area contributed by atoms with E-state index in [1.165, 1.54) is 34.9 Å². The largest absolute Gasteiger partial charge is 0.493 e. The maximum Gasteiger partial charge on any atom is 0.127 e. The van der Waals surface area contributed by atoms with Crippen molar-refractivity contribution in [2.45, 2.75) is 45.2 Å². The number of nitrogens with two attached hydrogens (primary N) is 1. The van der Waals surface area contributed by atoms with E-state index in [2.05, 4.69) is 39.9 Å². The predicted molar refractivity (Wildman–Crippen MR) is 89.6 cm³/mol. The molecule has 1 heterocycles. The van der Waals surface area contributed by atoms with Gasteiger partial charge in [0.15, 0.2) is 0 Å². The molecule has 4 heteroatoms. The molecule has 1 aliphatic carbocycles. The highest BCUT2D eigenvalue weighted by molar-refractivity contribution is 9.10. The highest BCUT2D eigenvalue weighted by Crippen LogP contribution is 2.36. The molecule has 0 aromatic heterocycles. The molecule has 2 unspecified atom stereocenters. The summed E-state index contributed by atoms with van der Waals surface area (Å²) >= 11 is 3.64. The van der Waals surface area contributed by atoms with Crippen LogP contribution in [0, 0.1) is 5.92 Å². The standard InChI is InChI=1S/C17H25BrN2O/c1-2-20(16-5-3-4-13(16)10-19)11-14-9-15(18)8-12-6-7-21-17(12)14/h8-9,13,16H,2-7,10-11,19H2,1H3. The van der Waals surface area contributed by atoms with Gasteiger partial charge in [-0.3, -0.25) is 4.90 Å². The molecule has 0 radical (unpaired) electrons. The highest BCUT2D eigenvalue weighted by Gasteiger charge is 2.31. The van der Waals surface area contributed by atoms with Crippen molar-refractivity contribution < 1.29 is 4.74 Å². The molecule has 1 aromatic rings. The van der Waals surface area contributed by atoms with Crippen LogP contribution >= 0.6 is 15.9 Å². The Hall–Kier alpha value is -0.580. The van der Waals surface area contributed by atoms with Gasteiger partial charge < -0.3 is 10.5 Å². The van der Waals surface area contributed by atoms with Crippen molar-refractivity contribution in [3.05, 3.63) is 27.7 Å². The van der Waals surface area contributed by atoms with Crippen molar-refractivity contribution in [1.29, 1.82) is 0 Å². The van der Waals surface area contributed by atoms with Gasteiger partial charge >= 0.3 is 0 Å². The number of hydrogen-bond donors (Lipinski definition) is 1. The van der Waals surface area contributed by atoms with Crippen molar-refractivity contribution in [1.82, 2.24) is 4.90 Å². The van der Waals surface area contributed by atoms with E-state index in [1.54, 1.807) is 0 Å². The minimum absolute atomic E-state index is 0.635. The first-order valence-corrected chi connectivity index (χ1v) is 8.90. The molecule has 0 saturated heterocycles. The Balaban J connectivity index is 1.81. The summed E-state index contributed by atoms with van der Waals surface area (Å²) in [6, 6.07) is 5.05. The lowest BCUT2D eigenvalue weighted by Gasteiger charge is -2.32. The molecule has 2 atom stereocenters. The summed E-state index contributed by atoms with van der Waals surface area (Å²) in [7, 11) is 0. The molecule has 116 valence electrons. The van der Waals surface area contributed by atoms with E-state index in [0.717, 1.165) is 38.4 Å². The Morgan fingerprint density at radius 3 is 3.00 bits per heavy atom.